The molecule has 8 nitrogen and oxygen atoms in total. The highest BCUT2D eigenvalue weighted by Crippen LogP contribution is 2.19. The lowest BCUT2D eigenvalue weighted by Gasteiger charge is -2.12. The van der Waals surface area contributed by atoms with Gasteiger partial charge in [-0.15, -0.1) is 0 Å². The van der Waals surface area contributed by atoms with Crippen molar-refractivity contribution >= 4 is 23.4 Å². The van der Waals surface area contributed by atoms with Gasteiger partial charge in [0.05, 0.1) is 16.9 Å². The molecule has 8 heteroatoms. The molecule has 2 rings (SSSR count). The van der Waals surface area contributed by atoms with E-state index < -0.39 is 33.8 Å². The minimum absolute atomic E-state index is 0.0337. The molecule has 0 saturated carbocycles. The number of non-ortho nitro benzene ring substituents is 1. The van der Waals surface area contributed by atoms with Gasteiger partial charge in [-0.05, 0) is 23.8 Å². The van der Waals surface area contributed by atoms with E-state index in [9.17, 15) is 34.7 Å². The Balaban J connectivity index is 2.52. The van der Waals surface area contributed by atoms with Gasteiger partial charge in [-0.3, -0.25) is 14.9 Å². The zero-order chi connectivity index (χ0) is 17.1. The molecule has 0 aromatic heterocycles. The molecule has 0 saturated heterocycles. The van der Waals surface area contributed by atoms with Crippen molar-refractivity contribution in [1.29, 1.82) is 0 Å². The Hall–Kier alpha value is -3.55. The van der Waals surface area contributed by atoms with E-state index in [2.05, 4.69) is 0 Å². The normalized spacial score (nSPS) is 10.1. The molecule has 0 aliphatic carbocycles. The molecule has 0 fully saturated rings. The Bertz CT molecular complexity index is 824. The summed E-state index contributed by atoms with van der Waals surface area (Å²) in [6.45, 7) is 0. The van der Waals surface area contributed by atoms with Crippen LogP contribution in [0.25, 0.3) is 0 Å². The molecule has 0 amide bonds. The summed E-state index contributed by atoms with van der Waals surface area (Å²) in [6, 6.07) is 7.22. The zero-order valence-corrected chi connectivity index (χ0v) is 11.3. The zero-order valence-electron chi connectivity index (χ0n) is 11.3. The predicted molar refractivity (Wildman–Crippen MR) is 71.6 cm³/mol. The summed E-state index contributed by atoms with van der Waals surface area (Å²) in [5.74, 6) is -4.03. The molecule has 23 heavy (non-hydrogen) atoms. The van der Waals surface area contributed by atoms with Crippen molar-refractivity contribution in [1.82, 2.24) is 0 Å². The summed E-state index contributed by atoms with van der Waals surface area (Å²) < 4.78 is 0. The molecule has 0 heterocycles. The lowest BCUT2D eigenvalue weighted by Crippen LogP contribution is -2.27. The molecule has 0 unspecified atom stereocenters. The van der Waals surface area contributed by atoms with Crippen LogP contribution < -0.4 is 10.2 Å². The highest BCUT2D eigenvalue weighted by Gasteiger charge is 2.16. The average Bonchev–Trinajstić information content (AvgIpc) is 2.53. The molecule has 0 aliphatic rings. The lowest BCUT2D eigenvalue weighted by atomic mass is 9.96. The van der Waals surface area contributed by atoms with Crippen molar-refractivity contribution in [2.24, 2.45) is 0 Å². The first-order valence-electron chi connectivity index (χ1n) is 6.17. The number of nitrogens with zero attached hydrogens (tertiary/aromatic N) is 1. The molecular formula is C15H7NO7-2. The number of carboxylic acid groups (broad SMARTS) is 2. The third-order valence-electron chi connectivity index (χ3n) is 3.06. The number of carbonyl (C=O) groups is 3. The maximum Gasteiger partial charge on any atom is 0.269 e. The van der Waals surface area contributed by atoms with Crippen LogP contribution in [0.2, 0.25) is 0 Å². The van der Waals surface area contributed by atoms with Crippen LogP contribution in [0, 0.1) is 10.1 Å². The number of nitro groups is 1. The third kappa shape index (κ3) is 3.21. The fourth-order valence-corrected chi connectivity index (χ4v) is 1.93. The number of carbonyl (C=O) groups excluding carboxylic acids is 3. The topological polar surface area (TPSA) is 140 Å². The number of hydrogen-bond donors (Lipinski definition) is 0. The summed E-state index contributed by atoms with van der Waals surface area (Å²) in [4.78, 5) is 44.2. The minimum Gasteiger partial charge on any atom is -0.545 e. The predicted octanol–water partition coefficient (Wildman–Crippen LogP) is -0.447. The quantitative estimate of drug-likeness (QED) is 0.413. The van der Waals surface area contributed by atoms with Crippen LogP contribution in [0.5, 0.6) is 0 Å². The van der Waals surface area contributed by atoms with Crippen molar-refractivity contribution in [3.05, 3.63) is 74.8 Å². The summed E-state index contributed by atoms with van der Waals surface area (Å²) in [6.07, 6.45) is 0. The largest absolute Gasteiger partial charge is 0.545 e. The Kier molecular flexibility index (Phi) is 4.17. The standard InChI is InChI=1S/C15H9NO7/c17-13(8-1-4-10(5-2-8)16(22)23)12-7-9(14(18)19)3-6-11(12)15(20)21/h1-7H,(H,18,19)(H,20,21)/p-2. The van der Waals surface area contributed by atoms with E-state index in [1.165, 1.54) is 0 Å². The van der Waals surface area contributed by atoms with E-state index >= 15 is 0 Å². The molecule has 0 bridgehead atoms. The molecule has 2 aromatic carbocycles. The summed E-state index contributed by atoms with van der Waals surface area (Å²) in [5, 5.41) is 32.5. The van der Waals surface area contributed by atoms with E-state index in [0.717, 1.165) is 42.5 Å². The van der Waals surface area contributed by atoms with Crippen molar-refractivity contribution in [2.75, 3.05) is 0 Å². The SMILES string of the molecule is O=C([O-])c1ccc(C(=O)[O-])c(C(=O)c2ccc([N+](=O)[O-])cc2)c1. The fraction of sp³-hybridized carbons (Fsp3) is 0. The molecule has 0 aliphatic heterocycles. The Labute approximate surface area is 128 Å². The third-order valence-corrected chi connectivity index (χ3v) is 3.06. The van der Waals surface area contributed by atoms with E-state index in [1.54, 1.807) is 0 Å². The Morgan fingerprint density at radius 1 is 0.783 bits per heavy atom. The maximum atomic E-state index is 12.4. The lowest BCUT2D eigenvalue weighted by molar-refractivity contribution is -0.384. The first-order valence-corrected chi connectivity index (χ1v) is 6.17. The van der Waals surface area contributed by atoms with Crippen LogP contribution in [0.15, 0.2) is 42.5 Å². The van der Waals surface area contributed by atoms with E-state index in [1.807, 2.05) is 0 Å². The number of benzene rings is 2. The smallest absolute Gasteiger partial charge is 0.269 e. The van der Waals surface area contributed by atoms with Crippen LogP contribution in [0.3, 0.4) is 0 Å². The summed E-state index contributed by atoms with van der Waals surface area (Å²) in [7, 11) is 0. The van der Waals surface area contributed by atoms with Crippen molar-refractivity contribution in [3.8, 4) is 0 Å². The van der Waals surface area contributed by atoms with E-state index in [0.29, 0.717) is 0 Å². The second-order valence-corrected chi connectivity index (χ2v) is 4.47. The van der Waals surface area contributed by atoms with E-state index in [4.69, 9.17) is 0 Å². The van der Waals surface area contributed by atoms with Gasteiger partial charge in [0.1, 0.15) is 0 Å². The number of ketones is 1. The fourth-order valence-electron chi connectivity index (χ4n) is 1.93. The van der Waals surface area contributed by atoms with Crippen molar-refractivity contribution in [3.63, 3.8) is 0 Å². The van der Waals surface area contributed by atoms with Gasteiger partial charge in [-0.25, -0.2) is 0 Å². The maximum absolute atomic E-state index is 12.4. The summed E-state index contributed by atoms with van der Waals surface area (Å²) >= 11 is 0. The van der Waals surface area contributed by atoms with Gasteiger partial charge in [0.25, 0.3) is 5.69 Å². The second-order valence-electron chi connectivity index (χ2n) is 4.47. The minimum atomic E-state index is -1.65. The molecule has 0 N–H and O–H groups in total. The summed E-state index contributed by atoms with van der Waals surface area (Å²) in [5.41, 5.74) is -1.54. The van der Waals surface area contributed by atoms with Gasteiger partial charge in [0, 0.05) is 28.8 Å². The van der Waals surface area contributed by atoms with Gasteiger partial charge in [-0.1, -0.05) is 12.1 Å². The molecular weight excluding hydrogens is 306 g/mol. The van der Waals surface area contributed by atoms with E-state index in [-0.39, 0.29) is 16.8 Å². The van der Waals surface area contributed by atoms with Crippen molar-refractivity contribution < 1.29 is 29.5 Å². The monoisotopic (exact) mass is 313 g/mol. The molecule has 116 valence electrons. The van der Waals surface area contributed by atoms with Crippen molar-refractivity contribution in [2.45, 2.75) is 0 Å². The number of rotatable bonds is 5. The highest BCUT2D eigenvalue weighted by molar-refractivity contribution is 6.14. The van der Waals surface area contributed by atoms with Crippen LogP contribution in [0.1, 0.15) is 36.6 Å². The van der Waals surface area contributed by atoms with Gasteiger partial charge >= 0.3 is 0 Å². The van der Waals surface area contributed by atoms with Gasteiger partial charge in [0.15, 0.2) is 5.78 Å². The molecule has 0 atom stereocenters. The van der Waals surface area contributed by atoms with Crippen LogP contribution >= 0.6 is 0 Å². The number of carboxylic acids is 2. The number of hydrogen-bond acceptors (Lipinski definition) is 7. The highest BCUT2D eigenvalue weighted by atomic mass is 16.6. The van der Waals surface area contributed by atoms with Gasteiger partial charge < -0.3 is 19.8 Å². The molecule has 0 radical (unpaired) electrons. The van der Waals surface area contributed by atoms with Crippen LogP contribution in [-0.4, -0.2) is 22.6 Å². The second kappa shape index (κ2) is 6.06. The average molecular weight is 313 g/mol. The number of nitro benzene ring substituents is 1. The first kappa shape index (κ1) is 15.8. The Morgan fingerprint density at radius 3 is 1.83 bits per heavy atom. The first-order chi connectivity index (χ1) is 10.8. The van der Waals surface area contributed by atoms with Crippen LogP contribution in [-0.2, 0) is 0 Å². The van der Waals surface area contributed by atoms with Gasteiger partial charge in [0.2, 0.25) is 0 Å². The molecule has 2 aromatic rings. The Morgan fingerprint density at radius 2 is 1.35 bits per heavy atom. The number of aromatic carboxylic acids is 2. The molecule has 0 spiro atoms. The van der Waals surface area contributed by atoms with Gasteiger partial charge in [-0.2, -0.15) is 0 Å². The van der Waals surface area contributed by atoms with Crippen LogP contribution in [0.4, 0.5) is 5.69 Å².